The molecule has 6 nitrogen and oxygen atoms in total. The fourth-order valence-electron chi connectivity index (χ4n) is 1.07. The molecule has 0 aliphatic rings. The Labute approximate surface area is 98.0 Å². The summed E-state index contributed by atoms with van der Waals surface area (Å²) in [5.74, 6) is -2.48. The number of rotatable bonds is 6. The molecule has 0 heterocycles. The topological polar surface area (TPSA) is 107 Å². The molecule has 0 saturated heterocycles. The summed E-state index contributed by atoms with van der Waals surface area (Å²) < 4.78 is -0.853. The Kier molecular flexibility index (Phi) is 5.29. The van der Waals surface area contributed by atoms with Gasteiger partial charge in [-0.3, -0.25) is 15.3 Å². The van der Waals surface area contributed by atoms with Crippen LogP contribution in [0.4, 0.5) is 0 Å². The lowest BCUT2D eigenvalue weighted by molar-refractivity contribution is -0.142. The van der Waals surface area contributed by atoms with Gasteiger partial charge in [-0.05, 0) is 13.8 Å². The number of carbonyl (C=O) groups excluding carboxylic acids is 2. The lowest BCUT2D eigenvalue weighted by Crippen LogP contribution is -2.52. The minimum atomic E-state index is -1.16. The zero-order chi connectivity index (χ0) is 12.9. The van der Waals surface area contributed by atoms with E-state index in [2.05, 4.69) is 5.32 Å². The lowest BCUT2D eigenvalue weighted by Gasteiger charge is -2.30. The molecule has 3 N–H and O–H groups in total. The second kappa shape index (κ2) is 5.74. The Balaban J connectivity index is 4.67. The van der Waals surface area contributed by atoms with Crippen molar-refractivity contribution in [3.63, 3.8) is 0 Å². The largest absolute Gasteiger partial charge is 0.480 e. The van der Waals surface area contributed by atoms with E-state index in [-0.39, 0.29) is 5.75 Å². The third kappa shape index (κ3) is 5.01. The van der Waals surface area contributed by atoms with E-state index in [1.165, 1.54) is 6.92 Å². The summed E-state index contributed by atoms with van der Waals surface area (Å²) in [6.45, 7) is 4.44. The summed E-state index contributed by atoms with van der Waals surface area (Å²) in [5, 5.41) is 11.3. The van der Waals surface area contributed by atoms with Crippen LogP contribution in [-0.4, -0.2) is 39.4 Å². The maximum Gasteiger partial charge on any atom is 0.327 e. The molecule has 16 heavy (non-hydrogen) atoms. The summed E-state index contributed by atoms with van der Waals surface area (Å²) >= 11 is 1.03. The Morgan fingerprint density at radius 3 is 2.25 bits per heavy atom. The highest BCUT2D eigenvalue weighted by molar-refractivity contribution is 8.01. The summed E-state index contributed by atoms with van der Waals surface area (Å²) in [6, 6.07) is -1.09. The molecular weight excluding hydrogens is 232 g/mol. The van der Waals surface area contributed by atoms with Crippen molar-refractivity contribution in [2.24, 2.45) is 0 Å². The van der Waals surface area contributed by atoms with Crippen LogP contribution in [0, 0.1) is 0 Å². The minimum absolute atomic E-state index is 0.101. The highest BCUT2D eigenvalue weighted by atomic mass is 32.2. The number of carbonyl (C=O) groups is 3. The van der Waals surface area contributed by atoms with Crippen LogP contribution < -0.4 is 11.1 Å². The summed E-state index contributed by atoms with van der Waals surface area (Å²) in [7, 11) is 0. The van der Waals surface area contributed by atoms with Crippen molar-refractivity contribution in [3.8, 4) is 0 Å². The summed E-state index contributed by atoms with van der Waals surface area (Å²) in [5.41, 5.74) is 6.75. The number of aliphatic carboxylic acids is 1. The number of carboxylic acid groups (broad SMARTS) is 1. The van der Waals surface area contributed by atoms with Gasteiger partial charge in [0.2, 0.25) is 11.8 Å². The first kappa shape index (κ1) is 14.8. The number of thioether (sulfide) groups is 1. The Hall–Kier alpha value is -1.24. The molecule has 0 rings (SSSR count). The highest BCUT2D eigenvalue weighted by Gasteiger charge is 2.36. The molecule has 0 aliphatic heterocycles. The molecule has 0 aromatic carbocycles. The van der Waals surface area contributed by atoms with Gasteiger partial charge in [-0.1, -0.05) is 0 Å². The first-order chi connectivity index (χ1) is 7.16. The molecule has 1 unspecified atom stereocenters. The third-order valence-electron chi connectivity index (χ3n) is 1.87. The molecular formula is C9H15N2O4S. The van der Waals surface area contributed by atoms with E-state index in [4.69, 9.17) is 10.8 Å². The average Bonchev–Trinajstić information content (AvgIpc) is 2.10. The number of carboxylic acids is 1. The molecule has 0 fully saturated rings. The van der Waals surface area contributed by atoms with Crippen LogP contribution in [0.5, 0.6) is 0 Å². The monoisotopic (exact) mass is 247 g/mol. The molecule has 1 atom stereocenters. The van der Waals surface area contributed by atoms with Crippen LogP contribution in [0.15, 0.2) is 0 Å². The van der Waals surface area contributed by atoms with Gasteiger partial charge in [0.25, 0.3) is 0 Å². The van der Waals surface area contributed by atoms with Crippen molar-refractivity contribution < 1.29 is 19.5 Å². The van der Waals surface area contributed by atoms with Crippen LogP contribution >= 0.6 is 11.8 Å². The number of hydrogen-bond acceptors (Lipinski definition) is 4. The fourth-order valence-corrected chi connectivity index (χ4v) is 1.90. The van der Waals surface area contributed by atoms with Crippen molar-refractivity contribution in [1.29, 1.82) is 0 Å². The Morgan fingerprint density at radius 1 is 1.44 bits per heavy atom. The quantitative estimate of drug-likeness (QED) is 0.681. The minimum Gasteiger partial charge on any atom is -0.480 e. The van der Waals surface area contributed by atoms with Gasteiger partial charge in [0.15, 0.2) is 0 Å². The van der Waals surface area contributed by atoms with Gasteiger partial charge in [0, 0.05) is 11.7 Å². The molecule has 91 valence electrons. The number of nitrogens with one attached hydrogen (secondary N) is 2. The van der Waals surface area contributed by atoms with E-state index in [9.17, 15) is 14.4 Å². The maximum absolute atomic E-state index is 11.0. The molecule has 0 aliphatic carbocycles. The molecule has 0 bridgehead atoms. The summed E-state index contributed by atoms with van der Waals surface area (Å²) in [4.78, 5) is 32.3. The second-order valence-corrected chi connectivity index (χ2v) is 5.42. The Bertz CT molecular complexity index is 304. The van der Waals surface area contributed by atoms with Gasteiger partial charge in [0.05, 0.1) is 5.75 Å². The first-order valence-electron chi connectivity index (χ1n) is 4.55. The fraction of sp³-hybridized carbons (Fsp3) is 0.667. The van der Waals surface area contributed by atoms with Crippen LogP contribution in [0.25, 0.3) is 0 Å². The normalized spacial score (nSPS) is 12.9. The molecule has 0 aromatic rings. The van der Waals surface area contributed by atoms with Crippen molar-refractivity contribution in [2.75, 3.05) is 5.75 Å². The predicted octanol–water partition coefficient (Wildman–Crippen LogP) is -0.103. The summed E-state index contributed by atoms with van der Waals surface area (Å²) in [6.07, 6.45) is 0. The molecule has 0 spiro atoms. The number of amides is 2. The third-order valence-corrected chi connectivity index (χ3v) is 3.25. The number of hydrogen-bond donors (Lipinski definition) is 2. The van der Waals surface area contributed by atoms with E-state index < -0.39 is 28.6 Å². The first-order valence-corrected chi connectivity index (χ1v) is 5.53. The van der Waals surface area contributed by atoms with Crippen LogP contribution in [-0.2, 0) is 14.4 Å². The van der Waals surface area contributed by atoms with Gasteiger partial charge in [-0.15, -0.1) is 11.8 Å². The average molecular weight is 247 g/mol. The van der Waals surface area contributed by atoms with Gasteiger partial charge < -0.3 is 10.4 Å². The predicted molar refractivity (Wildman–Crippen MR) is 59.9 cm³/mol. The van der Waals surface area contributed by atoms with E-state index in [0.29, 0.717) is 0 Å². The van der Waals surface area contributed by atoms with Crippen molar-refractivity contribution in [3.05, 3.63) is 0 Å². The van der Waals surface area contributed by atoms with Crippen molar-refractivity contribution in [2.45, 2.75) is 31.6 Å². The SMILES string of the molecule is CC(=O)NC(C(=O)O)C(C)(C)SCC([NH])=O. The second-order valence-electron chi connectivity index (χ2n) is 3.79. The van der Waals surface area contributed by atoms with Gasteiger partial charge in [-0.2, -0.15) is 0 Å². The zero-order valence-electron chi connectivity index (χ0n) is 9.36. The zero-order valence-corrected chi connectivity index (χ0v) is 10.2. The standard InChI is InChI=1S/C9H15N2O4S/c1-5(12)11-7(8(14)15)9(2,3)16-4-6(10)13/h7,10H,4H2,1-3H3,(H,11,12)(H,14,15). The smallest absolute Gasteiger partial charge is 0.327 e. The molecule has 0 aromatic heterocycles. The van der Waals surface area contributed by atoms with Gasteiger partial charge >= 0.3 is 5.97 Å². The Morgan fingerprint density at radius 2 is 1.94 bits per heavy atom. The lowest BCUT2D eigenvalue weighted by atomic mass is 10.0. The molecule has 2 amide bonds. The van der Waals surface area contributed by atoms with Gasteiger partial charge in [-0.25, -0.2) is 4.79 Å². The van der Waals surface area contributed by atoms with E-state index >= 15 is 0 Å². The van der Waals surface area contributed by atoms with Crippen LogP contribution in [0.2, 0.25) is 0 Å². The van der Waals surface area contributed by atoms with Gasteiger partial charge in [0.1, 0.15) is 6.04 Å². The van der Waals surface area contributed by atoms with E-state index in [1.807, 2.05) is 0 Å². The maximum atomic E-state index is 11.0. The van der Waals surface area contributed by atoms with Crippen molar-refractivity contribution >= 4 is 29.5 Å². The van der Waals surface area contributed by atoms with E-state index in [1.54, 1.807) is 13.8 Å². The highest BCUT2D eigenvalue weighted by Crippen LogP contribution is 2.28. The van der Waals surface area contributed by atoms with E-state index in [0.717, 1.165) is 11.8 Å². The van der Waals surface area contributed by atoms with Crippen molar-refractivity contribution in [1.82, 2.24) is 11.1 Å². The molecule has 7 heteroatoms. The molecule has 1 radical (unpaired) electrons. The van der Waals surface area contributed by atoms with Crippen LogP contribution in [0.3, 0.4) is 0 Å². The van der Waals surface area contributed by atoms with Crippen LogP contribution in [0.1, 0.15) is 20.8 Å². The molecule has 0 saturated carbocycles.